The zero-order chi connectivity index (χ0) is 9.84. The highest BCUT2D eigenvalue weighted by Crippen LogP contribution is 2.13. The summed E-state index contributed by atoms with van der Waals surface area (Å²) in [4.78, 5) is 0. The largest absolute Gasteiger partial charge is 0.207 e. The predicted molar refractivity (Wildman–Crippen MR) is 54.8 cm³/mol. The van der Waals surface area contributed by atoms with Crippen molar-refractivity contribution in [3.8, 4) is 0 Å². The third-order valence-electron chi connectivity index (χ3n) is 2.07. The van der Waals surface area contributed by atoms with Gasteiger partial charge >= 0.3 is 0 Å². The number of rotatable bonds is 3. The minimum atomic E-state index is -0.125. The van der Waals surface area contributed by atoms with Crippen molar-refractivity contribution in [2.24, 2.45) is 0 Å². The van der Waals surface area contributed by atoms with Crippen LogP contribution in [0.15, 0.2) is 18.2 Å². The van der Waals surface area contributed by atoms with Crippen LogP contribution in [-0.2, 0) is 6.42 Å². The molecule has 1 aromatic rings. The minimum Gasteiger partial charge on any atom is -0.207 e. The Hall–Kier alpha value is -0.560. The summed E-state index contributed by atoms with van der Waals surface area (Å²) in [5.74, 6) is -0.125. The first-order valence-electron chi connectivity index (χ1n) is 4.48. The molecule has 0 aliphatic rings. The van der Waals surface area contributed by atoms with E-state index in [-0.39, 0.29) is 11.2 Å². The molecule has 0 N–H and O–H groups in total. The van der Waals surface area contributed by atoms with E-state index in [4.69, 9.17) is 11.6 Å². The van der Waals surface area contributed by atoms with Crippen molar-refractivity contribution in [3.05, 3.63) is 35.1 Å². The Morgan fingerprint density at radius 3 is 2.69 bits per heavy atom. The van der Waals surface area contributed by atoms with Gasteiger partial charge in [-0.15, -0.1) is 11.6 Å². The van der Waals surface area contributed by atoms with E-state index in [0.717, 1.165) is 18.4 Å². The van der Waals surface area contributed by atoms with E-state index in [1.54, 1.807) is 13.0 Å². The smallest absolute Gasteiger partial charge is 0.126 e. The number of hydrogen-bond acceptors (Lipinski definition) is 0. The lowest BCUT2D eigenvalue weighted by Crippen LogP contribution is -1.95. The number of aryl methyl sites for hydroxylation is 2. The van der Waals surface area contributed by atoms with E-state index in [0.29, 0.717) is 5.56 Å². The summed E-state index contributed by atoms with van der Waals surface area (Å²) in [6, 6.07) is 5.36. The van der Waals surface area contributed by atoms with Gasteiger partial charge in [-0.1, -0.05) is 12.1 Å². The highest BCUT2D eigenvalue weighted by atomic mass is 35.5. The molecule has 0 amide bonds. The zero-order valence-electron chi connectivity index (χ0n) is 7.98. The summed E-state index contributed by atoms with van der Waals surface area (Å²) in [6.07, 6.45) is 1.74. The summed E-state index contributed by atoms with van der Waals surface area (Å²) < 4.78 is 13.1. The molecule has 0 aliphatic heterocycles. The molecule has 0 heterocycles. The van der Waals surface area contributed by atoms with Crippen LogP contribution in [0.1, 0.15) is 24.5 Å². The molecule has 13 heavy (non-hydrogen) atoms. The van der Waals surface area contributed by atoms with E-state index in [1.165, 1.54) is 0 Å². The van der Waals surface area contributed by atoms with Crippen molar-refractivity contribution < 1.29 is 4.39 Å². The Morgan fingerprint density at radius 2 is 2.15 bits per heavy atom. The van der Waals surface area contributed by atoms with Crippen LogP contribution in [0.5, 0.6) is 0 Å². The maximum absolute atomic E-state index is 13.1. The van der Waals surface area contributed by atoms with Crippen LogP contribution in [0.25, 0.3) is 0 Å². The van der Waals surface area contributed by atoms with Crippen molar-refractivity contribution in [1.29, 1.82) is 0 Å². The first kappa shape index (κ1) is 10.5. The van der Waals surface area contributed by atoms with Gasteiger partial charge in [-0.05, 0) is 43.9 Å². The third-order valence-corrected chi connectivity index (χ3v) is 2.29. The lowest BCUT2D eigenvalue weighted by Gasteiger charge is -2.04. The van der Waals surface area contributed by atoms with E-state index >= 15 is 0 Å². The Labute approximate surface area is 83.7 Å². The average Bonchev–Trinajstić information content (AvgIpc) is 2.07. The molecule has 0 nitrogen and oxygen atoms in total. The molecular formula is C11H14ClF. The fraction of sp³-hybridized carbons (Fsp3) is 0.455. The molecule has 1 unspecified atom stereocenters. The Bertz CT molecular complexity index is 281. The van der Waals surface area contributed by atoms with Crippen LogP contribution in [0.4, 0.5) is 4.39 Å². The quantitative estimate of drug-likeness (QED) is 0.653. The van der Waals surface area contributed by atoms with Crippen LogP contribution >= 0.6 is 11.6 Å². The van der Waals surface area contributed by atoms with E-state index in [1.807, 2.05) is 19.1 Å². The number of benzene rings is 1. The minimum absolute atomic E-state index is 0.125. The van der Waals surface area contributed by atoms with Gasteiger partial charge in [0.2, 0.25) is 0 Å². The van der Waals surface area contributed by atoms with Crippen molar-refractivity contribution >= 4 is 11.6 Å². The number of alkyl halides is 1. The van der Waals surface area contributed by atoms with Gasteiger partial charge in [0.15, 0.2) is 0 Å². The molecule has 0 saturated carbocycles. The molecule has 1 rings (SSSR count). The van der Waals surface area contributed by atoms with Crippen molar-refractivity contribution in [1.82, 2.24) is 0 Å². The molecule has 1 aromatic carbocycles. The Balaban J connectivity index is 2.63. The summed E-state index contributed by atoms with van der Waals surface area (Å²) >= 11 is 5.80. The lowest BCUT2D eigenvalue weighted by atomic mass is 10.1. The summed E-state index contributed by atoms with van der Waals surface area (Å²) in [6.45, 7) is 3.72. The molecular weight excluding hydrogens is 187 g/mol. The van der Waals surface area contributed by atoms with Crippen LogP contribution in [0.2, 0.25) is 0 Å². The second-order valence-electron chi connectivity index (χ2n) is 3.40. The maximum atomic E-state index is 13.1. The normalized spacial score (nSPS) is 12.9. The van der Waals surface area contributed by atoms with Gasteiger partial charge in [-0.25, -0.2) is 4.39 Å². The SMILES string of the molecule is Cc1ccc(CCC(C)Cl)cc1F. The molecule has 0 saturated heterocycles. The lowest BCUT2D eigenvalue weighted by molar-refractivity contribution is 0.615. The zero-order valence-corrected chi connectivity index (χ0v) is 8.74. The van der Waals surface area contributed by atoms with Crippen LogP contribution in [-0.4, -0.2) is 5.38 Å². The molecule has 0 radical (unpaired) electrons. The third kappa shape index (κ3) is 3.35. The van der Waals surface area contributed by atoms with Gasteiger partial charge in [0.05, 0.1) is 0 Å². The number of hydrogen-bond donors (Lipinski definition) is 0. The highest BCUT2D eigenvalue weighted by molar-refractivity contribution is 6.20. The average molecular weight is 201 g/mol. The standard InChI is InChI=1S/C11H14ClF/c1-8-3-5-10(7-11(8)13)6-4-9(2)12/h3,5,7,9H,4,6H2,1-2H3. The molecule has 0 aromatic heterocycles. The molecule has 0 fully saturated rings. The topological polar surface area (TPSA) is 0 Å². The van der Waals surface area contributed by atoms with Gasteiger partial charge < -0.3 is 0 Å². The molecule has 72 valence electrons. The van der Waals surface area contributed by atoms with Gasteiger partial charge in [-0.3, -0.25) is 0 Å². The second kappa shape index (κ2) is 4.61. The fourth-order valence-corrected chi connectivity index (χ4v) is 1.27. The summed E-state index contributed by atoms with van der Waals surface area (Å²) in [7, 11) is 0. The van der Waals surface area contributed by atoms with Crippen LogP contribution in [0, 0.1) is 12.7 Å². The van der Waals surface area contributed by atoms with E-state index in [2.05, 4.69) is 0 Å². The van der Waals surface area contributed by atoms with Crippen LogP contribution < -0.4 is 0 Å². The number of halogens is 2. The molecule has 2 heteroatoms. The highest BCUT2D eigenvalue weighted by Gasteiger charge is 2.01. The van der Waals surface area contributed by atoms with Crippen molar-refractivity contribution in [3.63, 3.8) is 0 Å². The van der Waals surface area contributed by atoms with E-state index in [9.17, 15) is 4.39 Å². The first-order chi connectivity index (χ1) is 6.09. The van der Waals surface area contributed by atoms with Crippen LogP contribution in [0.3, 0.4) is 0 Å². The Morgan fingerprint density at radius 1 is 1.46 bits per heavy atom. The monoisotopic (exact) mass is 200 g/mol. The summed E-state index contributed by atoms with van der Waals surface area (Å²) in [5, 5.41) is 0.157. The predicted octanol–water partition coefficient (Wildman–Crippen LogP) is 3.69. The Kier molecular flexibility index (Phi) is 3.73. The van der Waals surface area contributed by atoms with Gasteiger partial charge in [0, 0.05) is 5.38 Å². The van der Waals surface area contributed by atoms with E-state index < -0.39 is 0 Å². The molecule has 0 spiro atoms. The molecule has 0 aliphatic carbocycles. The molecule has 1 atom stereocenters. The first-order valence-corrected chi connectivity index (χ1v) is 4.92. The van der Waals surface area contributed by atoms with Crippen molar-refractivity contribution in [2.75, 3.05) is 0 Å². The maximum Gasteiger partial charge on any atom is 0.126 e. The second-order valence-corrected chi connectivity index (χ2v) is 4.15. The van der Waals surface area contributed by atoms with Gasteiger partial charge in [0.25, 0.3) is 0 Å². The molecule has 0 bridgehead atoms. The van der Waals surface area contributed by atoms with Gasteiger partial charge in [0.1, 0.15) is 5.82 Å². The summed E-state index contributed by atoms with van der Waals surface area (Å²) in [5.41, 5.74) is 1.72. The van der Waals surface area contributed by atoms with Crippen molar-refractivity contribution in [2.45, 2.75) is 32.1 Å². The fourth-order valence-electron chi connectivity index (χ4n) is 1.16. The van der Waals surface area contributed by atoms with Gasteiger partial charge in [-0.2, -0.15) is 0 Å².